The van der Waals surface area contributed by atoms with E-state index in [4.69, 9.17) is 5.14 Å². The quantitative estimate of drug-likeness (QED) is 0.363. The van der Waals surface area contributed by atoms with Crippen molar-refractivity contribution in [3.63, 3.8) is 0 Å². The predicted molar refractivity (Wildman–Crippen MR) is 150 cm³/mol. The molecule has 3 unspecified atom stereocenters. The Morgan fingerprint density at radius 1 is 0.952 bits per heavy atom. The molecule has 1 fully saturated rings. The number of nitrogens with one attached hydrogen (secondary N) is 1. The maximum Gasteiger partial charge on any atom is 0.573 e. The Balaban J connectivity index is 1.37. The van der Waals surface area contributed by atoms with Crippen LogP contribution in [0.3, 0.4) is 0 Å². The maximum atomic E-state index is 13.4. The van der Waals surface area contributed by atoms with Crippen LogP contribution >= 0.6 is 0 Å². The van der Waals surface area contributed by atoms with Crippen molar-refractivity contribution in [1.29, 1.82) is 0 Å². The molecule has 0 radical (unpaired) electrons. The lowest BCUT2D eigenvalue weighted by Gasteiger charge is -2.25. The number of benzene rings is 3. The van der Waals surface area contributed by atoms with E-state index in [2.05, 4.69) is 10.1 Å². The highest BCUT2D eigenvalue weighted by Crippen LogP contribution is 2.38. The first-order valence-corrected chi connectivity index (χ1v) is 14.8. The lowest BCUT2D eigenvalue weighted by molar-refractivity contribution is -0.274. The third-order valence-corrected chi connectivity index (χ3v) is 8.30. The normalized spacial score (nSPS) is 18.9. The molecule has 2 amide bonds. The molecular formula is C30H32F3N3O5S. The fraction of sp³-hybridized carbons (Fsp3) is 0.333. The molecule has 0 aromatic heterocycles. The van der Waals surface area contributed by atoms with E-state index in [1.54, 1.807) is 42.3 Å². The van der Waals surface area contributed by atoms with E-state index in [-0.39, 0.29) is 34.9 Å². The molecule has 0 bridgehead atoms. The second-order valence-electron chi connectivity index (χ2n) is 10.6. The summed E-state index contributed by atoms with van der Waals surface area (Å²) in [6, 6.07) is 18.8. The van der Waals surface area contributed by atoms with Crippen LogP contribution in [-0.2, 0) is 32.7 Å². The number of sulfonamides is 1. The average molecular weight is 604 g/mol. The van der Waals surface area contributed by atoms with Crippen LogP contribution in [0.2, 0.25) is 0 Å². The highest BCUT2D eigenvalue weighted by Gasteiger charge is 2.42. The Morgan fingerprint density at radius 2 is 1.55 bits per heavy atom. The molecule has 4 rings (SSSR count). The summed E-state index contributed by atoms with van der Waals surface area (Å²) in [6.07, 6.45) is -3.67. The molecule has 3 atom stereocenters. The largest absolute Gasteiger partial charge is 0.573 e. The minimum Gasteiger partial charge on any atom is -0.406 e. The molecule has 1 aliphatic carbocycles. The Bertz CT molecular complexity index is 1530. The molecule has 1 saturated carbocycles. The van der Waals surface area contributed by atoms with Crippen molar-refractivity contribution in [2.24, 2.45) is 22.9 Å². The first-order chi connectivity index (χ1) is 19.7. The highest BCUT2D eigenvalue weighted by atomic mass is 32.2. The van der Waals surface area contributed by atoms with Gasteiger partial charge in [-0.2, -0.15) is 0 Å². The summed E-state index contributed by atoms with van der Waals surface area (Å²) < 4.78 is 64.9. The summed E-state index contributed by atoms with van der Waals surface area (Å²) >= 11 is 0. The summed E-state index contributed by atoms with van der Waals surface area (Å²) in [7, 11) is -2.23. The van der Waals surface area contributed by atoms with Crippen LogP contribution in [0.25, 0.3) is 11.1 Å². The number of halogens is 3. The third-order valence-electron chi connectivity index (χ3n) is 7.33. The molecule has 224 valence electrons. The SMILES string of the molecule is CC1CC(C(=O)NCc2ccc(OC(F)(F)F)cc2)C(C(=O)N(C)Cc2ccc(-c3ccccc3S(N)(=O)=O)cc2)C1. The maximum absolute atomic E-state index is 13.4. The third kappa shape index (κ3) is 7.89. The zero-order valence-electron chi connectivity index (χ0n) is 23.1. The van der Waals surface area contributed by atoms with Crippen LogP contribution in [0.1, 0.15) is 30.9 Å². The smallest absolute Gasteiger partial charge is 0.406 e. The van der Waals surface area contributed by atoms with Gasteiger partial charge in [-0.25, -0.2) is 13.6 Å². The van der Waals surface area contributed by atoms with Gasteiger partial charge in [-0.15, -0.1) is 13.2 Å². The van der Waals surface area contributed by atoms with E-state index < -0.39 is 28.2 Å². The number of alkyl halides is 3. The van der Waals surface area contributed by atoms with Crippen molar-refractivity contribution in [3.05, 3.63) is 83.9 Å². The Morgan fingerprint density at radius 3 is 2.17 bits per heavy atom. The number of hydrogen-bond acceptors (Lipinski definition) is 5. The van der Waals surface area contributed by atoms with Crippen molar-refractivity contribution in [3.8, 4) is 16.9 Å². The van der Waals surface area contributed by atoms with Gasteiger partial charge in [0.05, 0.1) is 4.90 Å². The topological polar surface area (TPSA) is 119 Å². The van der Waals surface area contributed by atoms with Crippen LogP contribution in [0, 0.1) is 17.8 Å². The van der Waals surface area contributed by atoms with E-state index in [1.165, 1.54) is 30.3 Å². The minimum atomic E-state index is -4.78. The van der Waals surface area contributed by atoms with Crippen LogP contribution in [0.4, 0.5) is 13.2 Å². The first kappa shape index (κ1) is 31.0. The molecule has 3 aromatic rings. The highest BCUT2D eigenvalue weighted by molar-refractivity contribution is 7.89. The van der Waals surface area contributed by atoms with Crippen molar-refractivity contribution in [1.82, 2.24) is 10.2 Å². The van der Waals surface area contributed by atoms with E-state index in [9.17, 15) is 31.2 Å². The summed E-state index contributed by atoms with van der Waals surface area (Å²) in [5.41, 5.74) is 2.57. The number of ether oxygens (including phenoxy) is 1. The Kier molecular flexibility index (Phi) is 9.27. The summed E-state index contributed by atoms with van der Waals surface area (Å²) in [5, 5.41) is 8.17. The van der Waals surface area contributed by atoms with Gasteiger partial charge < -0.3 is 15.0 Å². The van der Waals surface area contributed by atoms with Crippen LogP contribution in [-0.4, -0.2) is 38.5 Å². The van der Waals surface area contributed by atoms with Crippen molar-refractivity contribution >= 4 is 21.8 Å². The number of nitrogens with two attached hydrogens (primary N) is 1. The average Bonchev–Trinajstić information content (AvgIpc) is 3.32. The monoisotopic (exact) mass is 603 g/mol. The van der Waals surface area contributed by atoms with Gasteiger partial charge in [0.25, 0.3) is 0 Å². The van der Waals surface area contributed by atoms with E-state index in [1.807, 2.05) is 19.1 Å². The zero-order valence-corrected chi connectivity index (χ0v) is 23.9. The second kappa shape index (κ2) is 12.5. The molecule has 8 nitrogen and oxygen atoms in total. The number of carbonyl (C=O) groups excluding carboxylic acids is 2. The van der Waals surface area contributed by atoms with Crippen LogP contribution < -0.4 is 15.2 Å². The Labute approximate surface area is 242 Å². The fourth-order valence-electron chi connectivity index (χ4n) is 5.36. The van der Waals surface area contributed by atoms with Crippen LogP contribution in [0.15, 0.2) is 77.7 Å². The van der Waals surface area contributed by atoms with Crippen molar-refractivity contribution in [2.45, 2.75) is 44.1 Å². The zero-order chi connectivity index (χ0) is 30.7. The molecule has 3 aromatic carbocycles. The lowest BCUT2D eigenvalue weighted by Crippen LogP contribution is -2.40. The molecule has 3 N–H and O–H groups in total. The summed E-state index contributed by atoms with van der Waals surface area (Å²) in [5.74, 6) is -1.65. The number of amides is 2. The van der Waals surface area contributed by atoms with Gasteiger partial charge in [-0.1, -0.05) is 61.5 Å². The molecule has 1 aliphatic rings. The van der Waals surface area contributed by atoms with Gasteiger partial charge in [0.15, 0.2) is 0 Å². The molecule has 12 heteroatoms. The second-order valence-corrected chi connectivity index (χ2v) is 12.2. The van der Waals surface area contributed by atoms with Gasteiger partial charge in [-0.05, 0) is 53.6 Å². The standard InChI is InChI=1S/C30H32F3N3O5S/c1-19-15-25(28(37)35-17-20-9-13-23(14-10-20)41-30(31,32)33)26(16-19)29(38)36(2)18-21-7-11-22(12-8-21)24-5-3-4-6-27(24)42(34,39)40/h3-14,19,25-26H,15-18H2,1-2H3,(H,35,37)(H2,34,39,40). The molecule has 0 spiro atoms. The van der Waals surface area contributed by atoms with Gasteiger partial charge in [0, 0.05) is 37.5 Å². The number of hydrogen-bond donors (Lipinski definition) is 2. The van der Waals surface area contributed by atoms with E-state index in [0.29, 0.717) is 36.1 Å². The van der Waals surface area contributed by atoms with Gasteiger partial charge >= 0.3 is 6.36 Å². The number of rotatable bonds is 9. The van der Waals surface area contributed by atoms with Gasteiger partial charge in [0.2, 0.25) is 21.8 Å². The van der Waals surface area contributed by atoms with Gasteiger partial charge in [-0.3, -0.25) is 9.59 Å². The Hall–Kier alpha value is -3.90. The van der Waals surface area contributed by atoms with E-state index >= 15 is 0 Å². The number of nitrogens with zero attached hydrogens (tertiary/aromatic N) is 1. The minimum absolute atomic E-state index is 0.0252. The van der Waals surface area contributed by atoms with Crippen molar-refractivity contribution in [2.75, 3.05) is 7.05 Å². The lowest BCUT2D eigenvalue weighted by atomic mass is 9.93. The molecule has 0 aliphatic heterocycles. The molecule has 42 heavy (non-hydrogen) atoms. The fourth-order valence-corrected chi connectivity index (χ4v) is 6.12. The molecular weight excluding hydrogens is 571 g/mol. The number of primary sulfonamides is 1. The van der Waals surface area contributed by atoms with Gasteiger partial charge in [0.1, 0.15) is 5.75 Å². The number of carbonyl (C=O) groups is 2. The molecule has 0 saturated heterocycles. The summed E-state index contributed by atoms with van der Waals surface area (Å²) in [6.45, 7) is 2.39. The van der Waals surface area contributed by atoms with E-state index in [0.717, 1.165) is 5.56 Å². The summed E-state index contributed by atoms with van der Waals surface area (Å²) in [4.78, 5) is 28.1. The first-order valence-electron chi connectivity index (χ1n) is 13.3. The predicted octanol–water partition coefficient (Wildman–Crippen LogP) is 4.84. The van der Waals surface area contributed by atoms with Crippen LogP contribution in [0.5, 0.6) is 5.75 Å². The van der Waals surface area contributed by atoms with Crippen molar-refractivity contribution < 1.29 is 35.9 Å². The molecule has 0 heterocycles.